The van der Waals surface area contributed by atoms with E-state index in [2.05, 4.69) is 55.4 Å². The molecule has 2 atom stereocenters. The molecule has 0 amide bonds. The van der Waals surface area contributed by atoms with Gasteiger partial charge >= 0.3 is 11.9 Å². The summed E-state index contributed by atoms with van der Waals surface area (Å²) in [7, 11) is 0. The van der Waals surface area contributed by atoms with Gasteiger partial charge in [-0.1, -0.05) is 310 Å². The normalized spacial score (nSPS) is 13.0. The Balaban J connectivity index is 5.04. The molecule has 2 unspecified atom stereocenters. The van der Waals surface area contributed by atoms with Crippen molar-refractivity contribution in [1.29, 1.82) is 0 Å². The highest BCUT2D eigenvalue weighted by Crippen LogP contribution is 2.38. The van der Waals surface area contributed by atoms with E-state index in [1.807, 2.05) is 0 Å². The van der Waals surface area contributed by atoms with Crippen LogP contribution in [0.2, 0.25) is 0 Å². The first kappa shape index (κ1) is 68.9. The third-order valence-electron chi connectivity index (χ3n) is 16.7. The maximum Gasteiger partial charge on any atom is 0.311 e. The maximum atomic E-state index is 13.7. The lowest BCUT2D eigenvalue weighted by Crippen LogP contribution is -2.35. The summed E-state index contributed by atoms with van der Waals surface area (Å²) in [4.78, 5) is 27.4. The SMILES string of the molecule is CCCCCCCCCCCCOC(=O)C(C)(C)C(CCCCCCCCCCCC)CCCCCCCCC(CCCCCCCCCCCC)C(C)(C)C(=O)OCCCCCCCCCCCC. The average molecular weight is 988 g/mol. The lowest BCUT2D eigenvalue weighted by molar-refractivity contribution is -0.158. The summed E-state index contributed by atoms with van der Waals surface area (Å²) in [6, 6.07) is 0. The van der Waals surface area contributed by atoms with Gasteiger partial charge in [0, 0.05) is 0 Å². The zero-order valence-corrected chi connectivity index (χ0v) is 49.6. The molecule has 0 aliphatic rings. The van der Waals surface area contributed by atoms with Crippen LogP contribution in [0.15, 0.2) is 0 Å². The van der Waals surface area contributed by atoms with Crippen LogP contribution in [-0.4, -0.2) is 25.2 Å². The summed E-state index contributed by atoms with van der Waals surface area (Å²) in [5.41, 5.74) is -0.857. The van der Waals surface area contributed by atoms with E-state index in [4.69, 9.17) is 9.47 Å². The Morgan fingerprint density at radius 3 is 0.600 bits per heavy atom. The molecule has 0 fully saturated rings. The quantitative estimate of drug-likeness (QED) is 0.0450. The minimum Gasteiger partial charge on any atom is -0.465 e. The largest absolute Gasteiger partial charge is 0.465 e. The van der Waals surface area contributed by atoms with Crippen molar-refractivity contribution in [3.05, 3.63) is 0 Å². The summed E-state index contributed by atoms with van der Waals surface area (Å²) in [6.07, 6.45) is 65.0. The standard InChI is InChI=1S/C66H130O4/c1-9-13-17-21-25-29-33-37-43-49-55-61(65(5,6)63(67)69-59-53-47-41-35-31-27-23-19-15-11-3)57-51-45-39-40-46-52-58-62(56-50-44-38-34-30-26-22-18-14-10-2)66(7,8)64(68)70-60-54-48-42-36-32-28-24-20-16-12-4/h61-62H,9-60H2,1-8H3. The number of rotatable bonds is 57. The Morgan fingerprint density at radius 2 is 0.414 bits per heavy atom. The molecule has 0 spiro atoms. The Morgan fingerprint density at radius 1 is 0.257 bits per heavy atom. The van der Waals surface area contributed by atoms with Crippen molar-refractivity contribution < 1.29 is 19.1 Å². The Labute approximate surface area is 441 Å². The van der Waals surface area contributed by atoms with Crippen LogP contribution >= 0.6 is 0 Å². The second-order valence-electron chi connectivity index (χ2n) is 24.1. The number of esters is 2. The highest BCUT2D eigenvalue weighted by molar-refractivity contribution is 5.76. The lowest BCUT2D eigenvalue weighted by Gasteiger charge is -2.33. The third kappa shape index (κ3) is 41.3. The van der Waals surface area contributed by atoms with Crippen LogP contribution in [0.4, 0.5) is 0 Å². The zero-order valence-electron chi connectivity index (χ0n) is 49.6. The second kappa shape index (κ2) is 51.4. The molecule has 0 heterocycles. The molecule has 0 bridgehead atoms. The maximum absolute atomic E-state index is 13.7. The van der Waals surface area contributed by atoms with Crippen molar-refractivity contribution in [1.82, 2.24) is 0 Å². The van der Waals surface area contributed by atoms with Crippen LogP contribution in [0, 0.1) is 22.7 Å². The fourth-order valence-electron chi connectivity index (χ4n) is 11.2. The molecule has 0 radical (unpaired) electrons. The topological polar surface area (TPSA) is 52.6 Å². The summed E-state index contributed by atoms with van der Waals surface area (Å²) in [5, 5.41) is 0. The first-order valence-corrected chi connectivity index (χ1v) is 32.4. The first-order valence-electron chi connectivity index (χ1n) is 32.4. The van der Waals surface area contributed by atoms with E-state index in [0.717, 1.165) is 38.5 Å². The Bertz CT molecular complexity index is 996. The van der Waals surface area contributed by atoms with Crippen molar-refractivity contribution in [3.8, 4) is 0 Å². The van der Waals surface area contributed by atoms with Crippen molar-refractivity contribution in [2.45, 2.75) is 376 Å². The molecule has 4 nitrogen and oxygen atoms in total. The molecule has 418 valence electrons. The predicted molar refractivity (Wildman–Crippen MR) is 310 cm³/mol. The molecule has 4 heteroatoms. The molecule has 0 saturated heterocycles. The van der Waals surface area contributed by atoms with Gasteiger partial charge in [-0.25, -0.2) is 0 Å². The van der Waals surface area contributed by atoms with Gasteiger partial charge in [0.1, 0.15) is 0 Å². The Hall–Kier alpha value is -1.06. The fourth-order valence-corrected chi connectivity index (χ4v) is 11.2. The summed E-state index contributed by atoms with van der Waals surface area (Å²) < 4.78 is 12.1. The smallest absolute Gasteiger partial charge is 0.311 e. The van der Waals surface area contributed by atoms with Crippen LogP contribution in [0.5, 0.6) is 0 Å². The predicted octanol–water partition coefficient (Wildman–Crippen LogP) is 22.9. The minimum atomic E-state index is -0.428. The fraction of sp³-hybridized carbons (Fsp3) is 0.970. The molecule has 0 aromatic rings. The van der Waals surface area contributed by atoms with Crippen LogP contribution in [-0.2, 0) is 19.1 Å². The minimum absolute atomic E-state index is 0.0403. The van der Waals surface area contributed by atoms with E-state index in [1.54, 1.807) is 0 Å². The summed E-state index contributed by atoms with van der Waals surface area (Å²) in [5.74, 6) is 0.859. The van der Waals surface area contributed by atoms with E-state index < -0.39 is 10.8 Å². The molecule has 70 heavy (non-hydrogen) atoms. The van der Waals surface area contributed by atoms with Gasteiger partial charge < -0.3 is 9.47 Å². The van der Waals surface area contributed by atoms with Crippen molar-refractivity contribution >= 4 is 11.9 Å². The summed E-state index contributed by atoms with van der Waals surface area (Å²) >= 11 is 0. The molecule has 0 aliphatic heterocycles. The van der Waals surface area contributed by atoms with Gasteiger partial charge in [-0.05, 0) is 78.1 Å². The van der Waals surface area contributed by atoms with E-state index in [9.17, 15) is 9.59 Å². The van der Waals surface area contributed by atoms with Gasteiger partial charge in [0.2, 0.25) is 0 Å². The van der Waals surface area contributed by atoms with Gasteiger partial charge in [0.05, 0.1) is 24.0 Å². The molecule has 0 saturated carbocycles. The van der Waals surface area contributed by atoms with Crippen LogP contribution in [0.25, 0.3) is 0 Å². The van der Waals surface area contributed by atoms with Gasteiger partial charge in [-0.3, -0.25) is 9.59 Å². The van der Waals surface area contributed by atoms with Gasteiger partial charge in [-0.2, -0.15) is 0 Å². The zero-order chi connectivity index (χ0) is 51.5. The highest BCUT2D eigenvalue weighted by atomic mass is 16.5. The van der Waals surface area contributed by atoms with E-state index in [0.29, 0.717) is 25.0 Å². The number of ether oxygens (including phenoxy) is 2. The number of carbonyl (C=O) groups is 2. The number of hydrogen-bond donors (Lipinski definition) is 0. The number of carbonyl (C=O) groups excluding carboxylic acids is 2. The molecule has 0 N–H and O–H groups in total. The van der Waals surface area contributed by atoms with Crippen LogP contribution in [0.1, 0.15) is 376 Å². The first-order chi connectivity index (χ1) is 34.1. The number of unbranched alkanes of at least 4 members (excludes halogenated alkanes) is 41. The van der Waals surface area contributed by atoms with Crippen molar-refractivity contribution in [2.24, 2.45) is 22.7 Å². The van der Waals surface area contributed by atoms with E-state index in [-0.39, 0.29) is 11.9 Å². The van der Waals surface area contributed by atoms with Gasteiger partial charge in [0.25, 0.3) is 0 Å². The van der Waals surface area contributed by atoms with Crippen LogP contribution in [0.3, 0.4) is 0 Å². The highest BCUT2D eigenvalue weighted by Gasteiger charge is 2.38. The van der Waals surface area contributed by atoms with Crippen LogP contribution < -0.4 is 0 Å². The monoisotopic (exact) mass is 987 g/mol. The molecule has 0 aromatic carbocycles. The molecular formula is C66H130O4. The van der Waals surface area contributed by atoms with Crippen molar-refractivity contribution in [3.63, 3.8) is 0 Å². The van der Waals surface area contributed by atoms with E-state index >= 15 is 0 Å². The van der Waals surface area contributed by atoms with Crippen molar-refractivity contribution in [2.75, 3.05) is 13.2 Å². The Kier molecular flexibility index (Phi) is 50.6. The van der Waals surface area contributed by atoms with Gasteiger partial charge in [-0.15, -0.1) is 0 Å². The van der Waals surface area contributed by atoms with Gasteiger partial charge in [0.15, 0.2) is 0 Å². The second-order valence-corrected chi connectivity index (χ2v) is 24.1. The van der Waals surface area contributed by atoms with E-state index in [1.165, 1.54) is 283 Å². The molecular weight excluding hydrogens is 857 g/mol. The number of hydrogen-bond acceptors (Lipinski definition) is 4. The molecule has 0 aliphatic carbocycles. The third-order valence-corrected chi connectivity index (χ3v) is 16.7. The molecule has 0 aromatic heterocycles. The average Bonchev–Trinajstić information content (AvgIpc) is 3.35. The lowest BCUT2D eigenvalue weighted by atomic mass is 9.73. The molecule has 0 rings (SSSR count). The summed E-state index contributed by atoms with van der Waals surface area (Å²) in [6.45, 7) is 19.1.